The van der Waals surface area contributed by atoms with Crippen molar-refractivity contribution < 1.29 is 0 Å². The van der Waals surface area contributed by atoms with Gasteiger partial charge in [-0.2, -0.15) is 0 Å². The molecule has 0 spiro atoms. The summed E-state index contributed by atoms with van der Waals surface area (Å²) in [6, 6.07) is 44.9. The van der Waals surface area contributed by atoms with Crippen LogP contribution < -0.4 is 0 Å². The highest BCUT2D eigenvalue weighted by Gasteiger charge is 2.20. The lowest BCUT2D eigenvalue weighted by atomic mass is 9.82. The fourth-order valence-electron chi connectivity index (χ4n) is 6.60. The number of allylic oxidation sites excluding steroid dienone is 1. The average Bonchev–Trinajstić information content (AvgIpc) is 2.99. The van der Waals surface area contributed by atoms with E-state index in [1.54, 1.807) is 0 Å². The van der Waals surface area contributed by atoms with Crippen molar-refractivity contribution in [1.82, 2.24) is 0 Å². The molecule has 0 radical (unpaired) electrons. The SMILES string of the molecule is C1=Cc2cc(-c3c4ccccc4c(-c4ccc5ccccc5c4)c4ccccc34)c3ccccc3c2CC1. The zero-order chi connectivity index (χ0) is 25.1. The van der Waals surface area contributed by atoms with E-state index in [0.717, 1.165) is 12.8 Å². The third kappa shape index (κ3) is 3.17. The van der Waals surface area contributed by atoms with Gasteiger partial charge in [0.1, 0.15) is 0 Å². The number of hydrogen-bond acceptors (Lipinski definition) is 0. The lowest BCUT2D eigenvalue weighted by molar-refractivity contribution is 0.997. The van der Waals surface area contributed by atoms with Crippen LogP contribution in [0.1, 0.15) is 17.5 Å². The first-order chi connectivity index (χ1) is 18.9. The van der Waals surface area contributed by atoms with Crippen LogP contribution in [0.2, 0.25) is 0 Å². The second-order valence-electron chi connectivity index (χ2n) is 10.4. The summed E-state index contributed by atoms with van der Waals surface area (Å²) in [5.41, 5.74) is 8.07. The van der Waals surface area contributed by atoms with Gasteiger partial charge in [0.2, 0.25) is 0 Å². The number of aryl methyl sites for hydroxylation is 1. The molecule has 38 heavy (non-hydrogen) atoms. The van der Waals surface area contributed by atoms with Crippen LogP contribution in [-0.4, -0.2) is 0 Å². The second-order valence-corrected chi connectivity index (χ2v) is 10.4. The van der Waals surface area contributed by atoms with Crippen LogP contribution >= 0.6 is 0 Å². The van der Waals surface area contributed by atoms with Crippen molar-refractivity contribution in [3.63, 3.8) is 0 Å². The van der Waals surface area contributed by atoms with Gasteiger partial charge in [0.25, 0.3) is 0 Å². The van der Waals surface area contributed by atoms with Gasteiger partial charge in [-0.15, -0.1) is 0 Å². The largest absolute Gasteiger partial charge is 0.0836 e. The van der Waals surface area contributed by atoms with Crippen molar-refractivity contribution in [2.45, 2.75) is 12.8 Å². The molecule has 8 rings (SSSR count). The van der Waals surface area contributed by atoms with E-state index in [1.807, 2.05) is 0 Å². The van der Waals surface area contributed by atoms with Crippen LogP contribution in [0.15, 0.2) is 127 Å². The van der Waals surface area contributed by atoms with Gasteiger partial charge in [0.15, 0.2) is 0 Å². The van der Waals surface area contributed by atoms with Crippen LogP contribution in [0.3, 0.4) is 0 Å². The summed E-state index contributed by atoms with van der Waals surface area (Å²) in [5, 5.41) is 10.5. The maximum Gasteiger partial charge on any atom is -0.00199 e. The fourth-order valence-corrected chi connectivity index (χ4v) is 6.60. The molecule has 178 valence electrons. The van der Waals surface area contributed by atoms with E-state index in [1.165, 1.54) is 76.5 Å². The Morgan fingerprint density at radius 3 is 1.74 bits per heavy atom. The molecule has 0 aromatic heterocycles. The van der Waals surface area contributed by atoms with Crippen molar-refractivity contribution in [1.29, 1.82) is 0 Å². The number of rotatable bonds is 2. The fraction of sp³-hybridized carbons (Fsp3) is 0.0526. The summed E-state index contributed by atoms with van der Waals surface area (Å²) in [7, 11) is 0. The maximum atomic E-state index is 2.44. The number of benzene rings is 7. The van der Waals surface area contributed by atoms with Crippen molar-refractivity contribution >= 4 is 49.2 Å². The molecule has 1 aliphatic carbocycles. The first-order valence-corrected chi connectivity index (χ1v) is 13.5. The Morgan fingerprint density at radius 2 is 1.03 bits per heavy atom. The van der Waals surface area contributed by atoms with Gasteiger partial charge in [-0.1, -0.05) is 121 Å². The molecule has 0 fully saturated rings. The molecule has 0 nitrogen and oxygen atoms in total. The molecule has 0 N–H and O–H groups in total. The summed E-state index contributed by atoms with van der Waals surface area (Å²) >= 11 is 0. The lowest BCUT2D eigenvalue weighted by Gasteiger charge is -2.21. The molecular weight excluding hydrogens is 456 g/mol. The summed E-state index contributed by atoms with van der Waals surface area (Å²) < 4.78 is 0. The Balaban J connectivity index is 1.53. The average molecular weight is 483 g/mol. The van der Waals surface area contributed by atoms with Gasteiger partial charge in [-0.25, -0.2) is 0 Å². The van der Waals surface area contributed by atoms with Crippen molar-refractivity contribution in [3.8, 4) is 22.3 Å². The summed E-state index contributed by atoms with van der Waals surface area (Å²) in [4.78, 5) is 0. The van der Waals surface area contributed by atoms with Crippen molar-refractivity contribution in [3.05, 3.63) is 139 Å². The highest BCUT2D eigenvalue weighted by molar-refractivity contribution is 6.24. The second kappa shape index (κ2) is 8.43. The molecule has 1 aliphatic rings. The standard InChI is InChI=1S/C38H26/c1-2-12-26-23-28(22-21-25(26)11-1)37-32-17-7-9-19-34(32)38(35-20-10-8-18-33(35)37)36-24-27-13-3-4-14-29(27)30-15-5-6-16-31(30)36/h1-3,5-13,15-24H,4,14H2. The van der Waals surface area contributed by atoms with Crippen molar-refractivity contribution in [2.24, 2.45) is 0 Å². The Morgan fingerprint density at radius 1 is 0.447 bits per heavy atom. The van der Waals surface area contributed by atoms with Crippen LogP contribution in [0.4, 0.5) is 0 Å². The van der Waals surface area contributed by atoms with E-state index in [2.05, 4.69) is 133 Å². The normalized spacial score (nSPS) is 12.9. The molecule has 0 amide bonds. The Labute approximate surface area is 222 Å². The minimum atomic E-state index is 1.11. The van der Waals surface area contributed by atoms with Crippen LogP contribution in [-0.2, 0) is 6.42 Å². The molecule has 0 saturated heterocycles. The first kappa shape index (κ1) is 21.4. The smallest absolute Gasteiger partial charge is 0.00199 e. The van der Waals surface area contributed by atoms with E-state index in [-0.39, 0.29) is 0 Å². The van der Waals surface area contributed by atoms with Crippen LogP contribution in [0.25, 0.3) is 71.4 Å². The molecule has 0 saturated carbocycles. The Bertz CT molecular complexity index is 2020. The quantitative estimate of drug-likeness (QED) is 0.215. The topological polar surface area (TPSA) is 0 Å². The summed E-state index contributed by atoms with van der Waals surface area (Å²) in [5.74, 6) is 0. The molecule has 0 unspecified atom stereocenters. The lowest BCUT2D eigenvalue weighted by Crippen LogP contribution is -1.98. The minimum Gasteiger partial charge on any atom is -0.0836 e. The number of fused-ring (bicyclic) bond motifs is 6. The highest BCUT2D eigenvalue weighted by atomic mass is 14.2. The number of hydrogen-bond donors (Lipinski definition) is 0. The van der Waals surface area contributed by atoms with Gasteiger partial charge >= 0.3 is 0 Å². The summed E-state index contributed by atoms with van der Waals surface area (Å²) in [6.07, 6.45) is 6.86. The molecule has 0 aliphatic heterocycles. The zero-order valence-electron chi connectivity index (χ0n) is 21.1. The monoisotopic (exact) mass is 482 g/mol. The predicted octanol–water partition coefficient (Wildman–Crippen LogP) is 10.6. The van der Waals surface area contributed by atoms with E-state index in [0.29, 0.717) is 0 Å². The van der Waals surface area contributed by atoms with Gasteiger partial charge in [0.05, 0.1) is 0 Å². The third-order valence-electron chi connectivity index (χ3n) is 8.29. The van der Waals surface area contributed by atoms with E-state index >= 15 is 0 Å². The zero-order valence-corrected chi connectivity index (χ0v) is 21.1. The van der Waals surface area contributed by atoms with Crippen molar-refractivity contribution in [2.75, 3.05) is 0 Å². The van der Waals surface area contributed by atoms with Gasteiger partial charge < -0.3 is 0 Å². The minimum absolute atomic E-state index is 1.11. The first-order valence-electron chi connectivity index (χ1n) is 13.5. The Kier molecular flexibility index (Phi) is 4.75. The third-order valence-corrected chi connectivity index (χ3v) is 8.29. The highest BCUT2D eigenvalue weighted by Crippen LogP contribution is 2.46. The molecule has 7 aromatic carbocycles. The van der Waals surface area contributed by atoms with Crippen LogP contribution in [0, 0.1) is 0 Å². The van der Waals surface area contributed by atoms with Gasteiger partial charge in [0, 0.05) is 0 Å². The summed E-state index contributed by atoms with van der Waals surface area (Å²) in [6.45, 7) is 0. The molecule has 0 bridgehead atoms. The van der Waals surface area contributed by atoms with E-state index in [4.69, 9.17) is 0 Å². The van der Waals surface area contributed by atoms with Crippen LogP contribution in [0.5, 0.6) is 0 Å². The molecule has 0 heterocycles. The van der Waals surface area contributed by atoms with Gasteiger partial charge in [-0.05, 0) is 101 Å². The van der Waals surface area contributed by atoms with Gasteiger partial charge in [-0.3, -0.25) is 0 Å². The van der Waals surface area contributed by atoms with E-state index in [9.17, 15) is 0 Å². The Hall–Kier alpha value is -4.68. The predicted molar refractivity (Wildman–Crippen MR) is 165 cm³/mol. The molecule has 0 heteroatoms. The van der Waals surface area contributed by atoms with E-state index < -0.39 is 0 Å². The maximum absolute atomic E-state index is 2.44. The molecular formula is C38H26. The molecule has 7 aromatic rings. The molecule has 0 atom stereocenters.